The summed E-state index contributed by atoms with van der Waals surface area (Å²) < 4.78 is 5.82. The molecule has 0 radical (unpaired) electrons. The predicted octanol–water partition coefficient (Wildman–Crippen LogP) is 3.50. The molecule has 1 aliphatic rings. The Balaban J connectivity index is 0.00000243. The zero-order chi connectivity index (χ0) is 17.8. The molecular weight excluding hydrogens is 374 g/mol. The van der Waals surface area contributed by atoms with Gasteiger partial charge < -0.3 is 9.52 Å². The van der Waals surface area contributed by atoms with Crippen LogP contribution in [0.15, 0.2) is 21.9 Å². The Kier molecular flexibility index (Phi) is 7.64. The monoisotopic (exact) mass is 399 g/mol. The van der Waals surface area contributed by atoms with E-state index in [1.807, 2.05) is 31.4 Å². The Bertz CT molecular complexity index is 697. The first-order valence-electron chi connectivity index (χ1n) is 8.75. The summed E-state index contributed by atoms with van der Waals surface area (Å²) in [4.78, 5) is 21.2. The lowest BCUT2D eigenvalue weighted by Crippen LogP contribution is -2.46. The number of aromatic nitrogens is 1. The van der Waals surface area contributed by atoms with Crippen molar-refractivity contribution in [3.63, 3.8) is 0 Å². The van der Waals surface area contributed by atoms with Gasteiger partial charge in [0.15, 0.2) is 0 Å². The van der Waals surface area contributed by atoms with Gasteiger partial charge in [-0.2, -0.15) is 0 Å². The molecule has 3 heterocycles. The highest BCUT2D eigenvalue weighted by Crippen LogP contribution is 2.27. The predicted molar refractivity (Wildman–Crippen MR) is 105 cm³/mol. The Labute approximate surface area is 164 Å². The van der Waals surface area contributed by atoms with Crippen LogP contribution in [0.2, 0.25) is 0 Å². The van der Waals surface area contributed by atoms with E-state index >= 15 is 0 Å². The van der Waals surface area contributed by atoms with Crippen molar-refractivity contribution in [3.05, 3.63) is 29.0 Å². The lowest BCUT2D eigenvalue weighted by molar-refractivity contribution is -0.139. The van der Waals surface area contributed by atoms with Crippen molar-refractivity contribution in [2.24, 2.45) is 0 Å². The summed E-state index contributed by atoms with van der Waals surface area (Å²) in [7, 11) is 0. The van der Waals surface area contributed by atoms with Gasteiger partial charge in [0.05, 0.1) is 17.1 Å². The van der Waals surface area contributed by atoms with E-state index in [4.69, 9.17) is 9.52 Å². The maximum Gasteiger partial charge on any atom is 0.317 e. The van der Waals surface area contributed by atoms with E-state index in [-0.39, 0.29) is 19.0 Å². The number of carboxylic acids is 1. The largest absolute Gasteiger partial charge is 0.480 e. The smallest absolute Gasteiger partial charge is 0.317 e. The minimum atomic E-state index is -0.747. The van der Waals surface area contributed by atoms with Crippen LogP contribution < -0.4 is 0 Å². The second-order valence-electron chi connectivity index (χ2n) is 6.46. The Hall–Kier alpha value is -1.41. The number of likely N-dealkylation sites (N-methyl/N-ethyl adjacent to an activating group) is 1. The third-order valence-electron chi connectivity index (χ3n) is 4.82. The highest BCUT2D eigenvalue weighted by atomic mass is 35.5. The molecule has 0 atom stereocenters. The molecule has 8 heteroatoms. The number of thiophene rings is 1. The van der Waals surface area contributed by atoms with Crippen molar-refractivity contribution in [3.8, 4) is 10.8 Å². The number of oxazole rings is 1. The first-order valence-corrected chi connectivity index (χ1v) is 9.63. The number of aryl methyl sites for hydroxylation is 1. The summed E-state index contributed by atoms with van der Waals surface area (Å²) in [6, 6.07) is 4.38. The molecule has 1 saturated heterocycles. The van der Waals surface area contributed by atoms with Crippen molar-refractivity contribution < 1.29 is 14.3 Å². The number of nitrogens with zero attached hydrogens (tertiary/aromatic N) is 3. The molecule has 0 bridgehead atoms. The van der Waals surface area contributed by atoms with Gasteiger partial charge in [-0.25, -0.2) is 4.98 Å². The van der Waals surface area contributed by atoms with Gasteiger partial charge in [0.2, 0.25) is 5.89 Å². The molecular formula is C18H26ClN3O3S. The van der Waals surface area contributed by atoms with Gasteiger partial charge in [0, 0.05) is 25.7 Å². The summed E-state index contributed by atoms with van der Waals surface area (Å²) in [5, 5.41) is 11.1. The summed E-state index contributed by atoms with van der Waals surface area (Å²) in [6.07, 6.45) is 1.99. The van der Waals surface area contributed by atoms with Crippen LogP contribution in [0, 0.1) is 6.92 Å². The zero-order valence-electron chi connectivity index (χ0n) is 15.2. The summed E-state index contributed by atoms with van der Waals surface area (Å²) in [5.41, 5.74) is 1.000. The molecule has 0 spiro atoms. The maximum absolute atomic E-state index is 11.0. The topological polar surface area (TPSA) is 69.8 Å². The molecule has 144 valence electrons. The Morgan fingerprint density at radius 1 is 1.46 bits per heavy atom. The number of halogens is 1. The number of likely N-dealkylation sites (tertiary alicyclic amines) is 1. The molecule has 1 N–H and O–H groups in total. The van der Waals surface area contributed by atoms with Gasteiger partial charge in [-0.05, 0) is 37.8 Å². The molecule has 0 aliphatic carbocycles. The van der Waals surface area contributed by atoms with Crippen molar-refractivity contribution in [1.29, 1.82) is 0 Å². The van der Waals surface area contributed by atoms with Crippen molar-refractivity contribution in [2.75, 3.05) is 26.2 Å². The normalized spacial score (nSPS) is 16.0. The standard InChI is InChI=1S/C18H25N3O3S.ClH/c1-3-21(12-17(22)23)14-6-8-20(9-7-14)11-15-13(2)24-18(19-15)16-5-4-10-25-16;/h4-5,10,14H,3,6-9,11-12H2,1-2H3,(H,22,23);1H. The second kappa shape index (κ2) is 9.50. The molecule has 0 unspecified atom stereocenters. The summed E-state index contributed by atoms with van der Waals surface area (Å²) >= 11 is 1.63. The third-order valence-corrected chi connectivity index (χ3v) is 5.67. The van der Waals surface area contributed by atoms with E-state index in [2.05, 4.69) is 14.8 Å². The fourth-order valence-corrected chi connectivity index (χ4v) is 4.06. The Morgan fingerprint density at radius 3 is 2.77 bits per heavy atom. The summed E-state index contributed by atoms with van der Waals surface area (Å²) in [5.74, 6) is 0.839. The van der Waals surface area contributed by atoms with E-state index in [0.717, 1.165) is 55.4 Å². The highest BCUT2D eigenvalue weighted by molar-refractivity contribution is 7.13. The number of hydrogen-bond donors (Lipinski definition) is 1. The van der Waals surface area contributed by atoms with Crippen LogP contribution in [0.25, 0.3) is 10.8 Å². The quantitative estimate of drug-likeness (QED) is 0.768. The highest BCUT2D eigenvalue weighted by Gasteiger charge is 2.26. The van der Waals surface area contributed by atoms with Gasteiger partial charge in [-0.1, -0.05) is 13.0 Å². The molecule has 1 fully saturated rings. The van der Waals surface area contributed by atoms with E-state index in [0.29, 0.717) is 11.9 Å². The number of piperidine rings is 1. The van der Waals surface area contributed by atoms with Gasteiger partial charge in [-0.3, -0.25) is 14.6 Å². The number of carbonyl (C=O) groups is 1. The third kappa shape index (κ3) is 5.07. The lowest BCUT2D eigenvalue weighted by atomic mass is 10.0. The van der Waals surface area contributed by atoms with Gasteiger partial charge in [0.1, 0.15) is 5.76 Å². The van der Waals surface area contributed by atoms with E-state index in [1.54, 1.807) is 11.3 Å². The first-order chi connectivity index (χ1) is 12.1. The summed E-state index contributed by atoms with van der Waals surface area (Å²) in [6.45, 7) is 7.62. The molecule has 2 aromatic heterocycles. The first kappa shape index (κ1) is 20.9. The minimum Gasteiger partial charge on any atom is -0.480 e. The van der Waals surface area contributed by atoms with Crippen LogP contribution in [0.1, 0.15) is 31.2 Å². The van der Waals surface area contributed by atoms with Gasteiger partial charge >= 0.3 is 5.97 Å². The van der Waals surface area contributed by atoms with Crippen LogP contribution in [-0.2, 0) is 11.3 Å². The molecule has 1 aliphatic heterocycles. The minimum absolute atomic E-state index is 0. The zero-order valence-corrected chi connectivity index (χ0v) is 16.8. The van der Waals surface area contributed by atoms with E-state index in [1.165, 1.54) is 0 Å². The number of carboxylic acid groups (broad SMARTS) is 1. The second-order valence-corrected chi connectivity index (χ2v) is 7.41. The van der Waals surface area contributed by atoms with E-state index < -0.39 is 5.97 Å². The van der Waals surface area contributed by atoms with Crippen LogP contribution >= 0.6 is 23.7 Å². The van der Waals surface area contributed by atoms with Gasteiger partial charge in [0.25, 0.3) is 0 Å². The Morgan fingerprint density at radius 2 is 2.19 bits per heavy atom. The fraction of sp³-hybridized carbons (Fsp3) is 0.556. The SMILES string of the molecule is CCN(CC(=O)O)C1CCN(Cc2nc(-c3cccs3)oc2C)CC1.Cl. The lowest BCUT2D eigenvalue weighted by Gasteiger charge is -2.37. The van der Waals surface area contributed by atoms with Crippen LogP contribution in [0.4, 0.5) is 0 Å². The van der Waals surface area contributed by atoms with Crippen LogP contribution in [0.5, 0.6) is 0 Å². The van der Waals surface area contributed by atoms with Crippen LogP contribution in [-0.4, -0.2) is 58.1 Å². The van der Waals surface area contributed by atoms with Gasteiger partial charge in [-0.15, -0.1) is 23.7 Å². The molecule has 6 nitrogen and oxygen atoms in total. The molecule has 0 aromatic carbocycles. The maximum atomic E-state index is 11.0. The van der Waals surface area contributed by atoms with Crippen molar-refractivity contribution in [1.82, 2.24) is 14.8 Å². The fourth-order valence-electron chi connectivity index (χ4n) is 3.41. The average molecular weight is 400 g/mol. The molecule has 26 heavy (non-hydrogen) atoms. The number of aliphatic carboxylic acids is 1. The van der Waals surface area contributed by atoms with Crippen molar-refractivity contribution in [2.45, 2.75) is 39.3 Å². The number of hydrogen-bond acceptors (Lipinski definition) is 6. The molecule has 0 amide bonds. The van der Waals surface area contributed by atoms with Crippen molar-refractivity contribution >= 4 is 29.7 Å². The van der Waals surface area contributed by atoms with E-state index in [9.17, 15) is 4.79 Å². The number of rotatable bonds is 7. The van der Waals surface area contributed by atoms with Crippen LogP contribution in [0.3, 0.4) is 0 Å². The average Bonchev–Trinajstić information content (AvgIpc) is 3.24. The molecule has 3 rings (SSSR count). The molecule has 0 saturated carbocycles. The molecule has 2 aromatic rings.